The van der Waals surface area contributed by atoms with Crippen LogP contribution in [0.1, 0.15) is 32.1 Å². The number of nitrogens with one attached hydrogen (secondary N) is 1. The first-order valence-corrected chi connectivity index (χ1v) is 10.8. The Morgan fingerprint density at radius 1 is 1.21 bits per heavy atom. The molecule has 7 heteroatoms. The van der Waals surface area contributed by atoms with E-state index in [1.54, 1.807) is 13.4 Å². The minimum atomic E-state index is 0.00792. The summed E-state index contributed by atoms with van der Waals surface area (Å²) in [6, 6.07) is 4.32. The first kappa shape index (κ1) is 20.2. The molecule has 0 unspecified atom stereocenters. The van der Waals surface area contributed by atoms with Crippen LogP contribution in [0.15, 0.2) is 29.0 Å². The quantitative estimate of drug-likeness (QED) is 0.771. The van der Waals surface area contributed by atoms with Gasteiger partial charge in [0.2, 0.25) is 5.91 Å². The predicted molar refractivity (Wildman–Crippen MR) is 113 cm³/mol. The van der Waals surface area contributed by atoms with Crippen molar-refractivity contribution >= 4 is 22.7 Å². The van der Waals surface area contributed by atoms with E-state index in [1.807, 2.05) is 18.3 Å². The fraction of sp³-hybridized carbons (Fsp3) is 0.636. The average molecular weight is 401 g/mol. The molecule has 0 spiro atoms. The average Bonchev–Trinajstić information content (AvgIpc) is 3.23. The molecule has 7 nitrogen and oxygen atoms in total. The number of aromatic nitrogens is 1. The first-order valence-electron chi connectivity index (χ1n) is 10.8. The summed E-state index contributed by atoms with van der Waals surface area (Å²) < 4.78 is 10.5. The van der Waals surface area contributed by atoms with Crippen molar-refractivity contribution in [2.45, 2.75) is 38.1 Å². The summed E-state index contributed by atoms with van der Waals surface area (Å²) in [7, 11) is 1.56. The van der Waals surface area contributed by atoms with E-state index in [-0.39, 0.29) is 12.5 Å². The standard InChI is InChI=1S/C22H32N4O3/c1-28-16-20(27)24-19-4-2-17(3-5-19)7-10-25-11-13-26(14-12-25)22-21-18(6-9-23-22)8-15-29-21/h6,8-9,15,17,19H,2-5,7,10-14,16H2,1H3,(H,24,27). The molecule has 2 aliphatic rings. The van der Waals surface area contributed by atoms with Gasteiger partial charge in [0.05, 0.1) is 6.26 Å². The molecule has 1 aliphatic heterocycles. The number of hydrogen-bond donors (Lipinski definition) is 1. The van der Waals surface area contributed by atoms with E-state index in [9.17, 15) is 4.79 Å². The highest BCUT2D eigenvalue weighted by Gasteiger charge is 2.24. The number of carbonyl (C=O) groups is 1. The zero-order valence-corrected chi connectivity index (χ0v) is 17.3. The number of rotatable bonds is 7. The number of hydrogen-bond acceptors (Lipinski definition) is 6. The number of anilines is 1. The largest absolute Gasteiger partial charge is 0.460 e. The molecule has 2 aromatic heterocycles. The van der Waals surface area contributed by atoms with Crippen LogP contribution >= 0.6 is 0 Å². The predicted octanol–water partition coefficient (Wildman–Crippen LogP) is 2.66. The van der Waals surface area contributed by atoms with Crippen molar-refractivity contribution in [2.75, 3.05) is 51.3 Å². The molecule has 158 valence electrons. The van der Waals surface area contributed by atoms with Crippen LogP contribution in [0, 0.1) is 5.92 Å². The number of pyridine rings is 1. The number of carbonyl (C=O) groups excluding carboxylic acids is 1. The normalized spacial score (nSPS) is 23.4. The molecule has 0 atom stereocenters. The molecule has 4 rings (SSSR count). The number of amides is 1. The molecule has 1 N–H and O–H groups in total. The molecule has 0 radical (unpaired) electrons. The summed E-state index contributed by atoms with van der Waals surface area (Å²) >= 11 is 0. The second-order valence-electron chi connectivity index (χ2n) is 8.31. The summed E-state index contributed by atoms with van der Waals surface area (Å²) in [4.78, 5) is 21.1. The summed E-state index contributed by atoms with van der Waals surface area (Å²) in [5.41, 5.74) is 0.898. The van der Waals surface area contributed by atoms with Crippen LogP contribution in [0.2, 0.25) is 0 Å². The van der Waals surface area contributed by atoms with Crippen LogP contribution in [0.25, 0.3) is 11.0 Å². The maximum Gasteiger partial charge on any atom is 0.246 e. The Bertz CT molecular complexity index is 792. The Labute approximate surface area is 172 Å². The summed E-state index contributed by atoms with van der Waals surface area (Å²) in [6.07, 6.45) is 9.46. The van der Waals surface area contributed by atoms with Crippen LogP contribution in [0.5, 0.6) is 0 Å². The van der Waals surface area contributed by atoms with Gasteiger partial charge in [-0.05, 0) is 56.7 Å². The topological polar surface area (TPSA) is 70.8 Å². The van der Waals surface area contributed by atoms with Gasteiger partial charge >= 0.3 is 0 Å². The molecule has 29 heavy (non-hydrogen) atoms. The van der Waals surface area contributed by atoms with Gasteiger partial charge in [-0.2, -0.15) is 0 Å². The van der Waals surface area contributed by atoms with Crippen molar-refractivity contribution in [1.29, 1.82) is 0 Å². The van der Waals surface area contributed by atoms with Crippen LogP contribution in [-0.2, 0) is 9.53 Å². The summed E-state index contributed by atoms with van der Waals surface area (Å²) in [5, 5.41) is 4.20. The number of fused-ring (bicyclic) bond motifs is 1. The van der Waals surface area contributed by atoms with E-state index in [1.165, 1.54) is 19.3 Å². The summed E-state index contributed by atoms with van der Waals surface area (Å²) in [6.45, 7) is 5.45. The van der Waals surface area contributed by atoms with Crippen LogP contribution in [0.3, 0.4) is 0 Å². The lowest BCUT2D eigenvalue weighted by Gasteiger charge is -2.36. The molecular weight excluding hydrogens is 368 g/mol. The van der Waals surface area contributed by atoms with Crippen molar-refractivity contribution in [3.63, 3.8) is 0 Å². The molecule has 2 fully saturated rings. The van der Waals surface area contributed by atoms with Gasteiger partial charge < -0.3 is 19.4 Å². The molecular formula is C22H32N4O3. The van der Waals surface area contributed by atoms with Gasteiger partial charge in [-0.15, -0.1) is 0 Å². The summed E-state index contributed by atoms with van der Waals surface area (Å²) in [5.74, 6) is 1.76. The second-order valence-corrected chi connectivity index (χ2v) is 8.31. The lowest BCUT2D eigenvalue weighted by molar-refractivity contribution is -0.125. The molecule has 1 amide bonds. The number of ether oxygens (including phenoxy) is 1. The third-order valence-electron chi connectivity index (χ3n) is 6.36. The van der Waals surface area contributed by atoms with E-state index >= 15 is 0 Å². The van der Waals surface area contributed by atoms with Gasteiger partial charge in [-0.25, -0.2) is 4.98 Å². The number of nitrogens with zero attached hydrogens (tertiary/aromatic N) is 3. The number of piperazine rings is 1. The van der Waals surface area contributed by atoms with Crippen molar-refractivity contribution in [3.05, 3.63) is 24.6 Å². The van der Waals surface area contributed by atoms with Crippen molar-refractivity contribution in [2.24, 2.45) is 5.92 Å². The fourth-order valence-corrected chi connectivity index (χ4v) is 4.65. The van der Waals surface area contributed by atoms with Crippen LogP contribution in [0.4, 0.5) is 5.82 Å². The van der Waals surface area contributed by atoms with Crippen molar-refractivity contribution < 1.29 is 13.9 Å². The maximum atomic E-state index is 11.7. The minimum Gasteiger partial charge on any atom is -0.460 e. The Hall–Kier alpha value is -2.12. The zero-order valence-electron chi connectivity index (χ0n) is 17.3. The minimum absolute atomic E-state index is 0.00792. The monoisotopic (exact) mass is 400 g/mol. The molecule has 2 aromatic rings. The smallest absolute Gasteiger partial charge is 0.246 e. The van der Waals surface area contributed by atoms with Crippen LogP contribution < -0.4 is 10.2 Å². The molecule has 1 saturated carbocycles. The molecule has 1 saturated heterocycles. The van der Waals surface area contributed by atoms with Gasteiger partial charge in [0.1, 0.15) is 6.61 Å². The third kappa shape index (κ3) is 5.08. The third-order valence-corrected chi connectivity index (χ3v) is 6.36. The Morgan fingerprint density at radius 3 is 2.76 bits per heavy atom. The maximum absolute atomic E-state index is 11.7. The van der Waals surface area contributed by atoms with Gasteiger partial charge in [0.15, 0.2) is 11.4 Å². The molecule has 1 aliphatic carbocycles. The molecule has 3 heterocycles. The number of methoxy groups -OCH3 is 1. The first-order chi connectivity index (χ1) is 14.2. The van der Waals surface area contributed by atoms with Gasteiger partial charge in [0, 0.05) is 50.9 Å². The highest BCUT2D eigenvalue weighted by molar-refractivity contribution is 5.87. The fourth-order valence-electron chi connectivity index (χ4n) is 4.65. The lowest BCUT2D eigenvalue weighted by Crippen LogP contribution is -2.47. The highest BCUT2D eigenvalue weighted by Crippen LogP contribution is 2.28. The SMILES string of the molecule is COCC(=O)NC1CCC(CCN2CCN(c3nccc4ccoc34)CC2)CC1. The number of furan rings is 1. The van der Waals surface area contributed by atoms with Crippen LogP contribution in [-0.4, -0.2) is 68.3 Å². The second kappa shape index (κ2) is 9.59. The van der Waals surface area contributed by atoms with E-state index in [4.69, 9.17) is 9.15 Å². The Kier molecular flexibility index (Phi) is 6.67. The molecule has 0 aromatic carbocycles. The van der Waals surface area contributed by atoms with E-state index in [0.29, 0.717) is 6.04 Å². The van der Waals surface area contributed by atoms with E-state index in [0.717, 1.165) is 68.3 Å². The van der Waals surface area contributed by atoms with Crippen molar-refractivity contribution in [3.8, 4) is 0 Å². The lowest BCUT2D eigenvalue weighted by atomic mass is 9.84. The van der Waals surface area contributed by atoms with E-state index < -0.39 is 0 Å². The van der Waals surface area contributed by atoms with Gasteiger partial charge in [-0.1, -0.05) is 0 Å². The van der Waals surface area contributed by atoms with Crippen molar-refractivity contribution in [1.82, 2.24) is 15.2 Å². The van der Waals surface area contributed by atoms with Gasteiger partial charge in [-0.3, -0.25) is 9.69 Å². The highest BCUT2D eigenvalue weighted by atomic mass is 16.5. The van der Waals surface area contributed by atoms with E-state index in [2.05, 4.69) is 20.1 Å². The Balaban J connectivity index is 1.17. The Morgan fingerprint density at radius 2 is 2.00 bits per heavy atom. The van der Waals surface area contributed by atoms with Gasteiger partial charge in [0.25, 0.3) is 0 Å². The zero-order chi connectivity index (χ0) is 20.1. The molecule has 0 bridgehead atoms.